The van der Waals surface area contributed by atoms with E-state index in [1.807, 2.05) is 13.8 Å². The molecule has 1 atom stereocenters. The van der Waals surface area contributed by atoms with E-state index in [-0.39, 0.29) is 12.5 Å². The van der Waals surface area contributed by atoms with Crippen LogP contribution >= 0.6 is 0 Å². The Bertz CT molecular complexity index is 199. The van der Waals surface area contributed by atoms with Crippen LogP contribution in [0.15, 0.2) is 0 Å². The van der Waals surface area contributed by atoms with Gasteiger partial charge in [0.1, 0.15) is 0 Å². The molecular formula is C12H25NO4. The van der Waals surface area contributed by atoms with Crippen LogP contribution < -0.4 is 0 Å². The molecular weight excluding hydrogens is 222 g/mol. The number of aliphatic carboxylic acids is 1. The van der Waals surface area contributed by atoms with Gasteiger partial charge >= 0.3 is 5.97 Å². The van der Waals surface area contributed by atoms with Gasteiger partial charge in [0.05, 0.1) is 19.6 Å². The smallest absolute Gasteiger partial charge is 0.304 e. The van der Waals surface area contributed by atoms with Crippen LogP contribution in [-0.4, -0.2) is 62.0 Å². The normalized spacial score (nSPS) is 12.9. The van der Waals surface area contributed by atoms with E-state index in [0.29, 0.717) is 19.8 Å². The van der Waals surface area contributed by atoms with Crippen LogP contribution in [0.4, 0.5) is 0 Å². The van der Waals surface area contributed by atoms with E-state index in [9.17, 15) is 4.79 Å². The second-order valence-corrected chi connectivity index (χ2v) is 4.03. The molecule has 0 aliphatic rings. The van der Waals surface area contributed by atoms with Crippen LogP contribution in [-0.2, 0) is 14.3 Å². The van der Waals surface area contributed by atoms with Gasteiger partial charge in [-0.15, -0.1) is 0 Å². The topological polar surface area (TPSA) is 59.0 Å². The summed E-state index contributed by atoms with van der Waals surface area (Å²) in [6.07, 6.45) is 1.11. The van der Waals surface area contributed by atoms with Crippen molar-refractivity contribution in [1.82, 2.24) is 4.90 Å². The number of hydrogen-bond donors (Lipinski definition) is 1. The summed E-state index contributed by atoms with van der Waals surface area (Å²) in [4.78, 5) is 12.8. The predicted molar refractivity (Wildman–Crippen MR) is 66.3 cm³/mol. The first-order valence-electron chi connectivity index (χ1n) is 6.14. The number of nitrogens with zero attached hydrogens (tertiary/aromatic N) is 1. The molecule has 0 aliphatic carbocycles. The number of methoxy groups -OCH3 is 1. The van der Waals surface area contributed by atoms with Crippen molar-refractivity contribution in [2.45, 2.75) is 32.7 Å². The molecule has 0 aromatic rings. The van der Waals surface area contributed by atoms with Gasteiger partial charge in [0, 0.05) is 26.3 Å². The lowest BCUT2D eigenvalue weighted by Gasteiger charge is -2.26. The van der Waals surface area contributed by atoms with E-state index in [4.69, 9.17) is 14.6 Å². The number of carbonyl (C=O) groups is 1. The van der Waals surface area contributed by atoms with Gasteiger partial charge in [-0.25, -0.2) is 0 Å². The summed E-state index contributed by atoms with van der Waals surface area (Å²) in [5, 5.41) is 8.73. The first-order chi connectivity index (χ1) is 8.11. The van der Waals surface area contributed by atoms with E-state index in [1.165, 1.54) is 0 Å². The van der Waals surface area contributed by atoms with Gasteiger partial charge in [-0.05, 0) is 19.9 Å². The second kappa shape index (κ2) is 10.5. The lowest BCUT2D eigenvalue weighted by molar-refractivity contribution is -0.138. The van der Waals surface area contributed by atoms with Crippen LogP contribution in [0.25, 0.3) is 0 Å². The summed E-state index contributed by atoms with van der Waals surface area (Å²) in [5.74, 6) is -0.743. The van der Waals surface area contributed by atoms with E-state index in [1.54, 1.807) is 7.11 Å². The Kier molecular flexibility index (Phi) is 10.1. The maximum Gasteiger partial charge on any atom is 0.304 e. The molecule has 17 heavy (non-hydrogen) atoms. The standard InChI is InChI=1S/C12H25NO4/c1-4-13(11(2)10-12(14)15)6-5-7-17-9-8-16-3/h11H,4-10H2,1-3H3,(H,14,15). The highest BCUT2D eigenvalue weighted by Gasteiger charge is 2.14. The summed E-state index contributed by atoms with van der Waals surface area (Å²) >= 11 is 0. The summed E-state index contributed by atoms with van der Waals surface area (Å²) < 4.78 is 10.2. The predicted octanol–water partition coefficient (Wildman–Crippen LogP) is 1.22. The second-order valence-electron chi connectivity index (χ2n) is 4.03. The fourth-order valence-electron chi connectivity index (χ4n) is 1.69. The van der Waals surface area contributed by atoms with E-state index in [0.717, 1.165) is 19.5 Å². The minimum atomic E-state index is -0.743. The van der Waals surface area contributed by atoms with Crippen molar-refractivity contribution in [3.8, 4) is 0 Å². The highest BCUT2D eigenvalue weighted by Crippen LogP contribution is 2.04. The Morgan fingerprint density at radius 2 is 2.06 bits per heavy atom. The van der Waals surface area contributed by atoms with Crippen LogP contribution in [0.3, 0.4) is 0 Å². The van der Waals surface area contributed by atoms with Crippen molar-refractivity contribution in [2.75, 3.05) is 40.0 Å². The van der Waals surface area contributed by atoms with Gasteiger partial charge in [-0.3, -0.25) is 4.79 Å². The third-order valence-electron chi connectivity index (χ3n) is 2.67. The Morgan fingerprint density at radius 1 is 1.35 bits per heavy atom. The molecule has 0 saturated carbocycles. The van der Waals surface area contributed by atoms with Gasteiger partial charge in [-0.1, -0.05) is 6.92 Å². The molecule has 0 saturated heterocycles. The molecule has 0 bridgehead atoms. The molecule has 0 rings (SSSR count). The fourth-order valence-corrected chi connectivity index (χ4v) is 1.69. The van der Waals surface area contributed by atoms with Gasteiger partial charge in [0.15, 0.2) is 0 Å². The van der Waals surface area contributed by atoms with Gasteiger partial charge in [-0.2, -0.15) is 0 Å². The van der Waals surface area contributed by atoms with Gasteiger partial charge in [0.2, 0.25) is 0 Å². The van der Waals surface area contributed by atoms with Crippen LogP contribution in [0.2, 0.25) is 0 Å². The molecule has 0 fully saturated rings. The van der Waals surface area contributed by atoms with Gasteiger partial charge in [0.25, 0.3) is 0 Å². The highest BCUT2D eigenvalue weighted by molar-refractivity contribution is 5.67. The molecule has 0 amide bonds. The Morgan fingerprint density at radius 3 is 2.59 bits per heavy atom. The molecule has 0 radical (unpaired) electrons. The zero-order valence-electron chi connectivity index (χ0n) is 11.1. The van der Waals surface area contributed by atoms with Crippen molar-refractivity contribution in [2.24, 2.45) is 0 Å². The Balaban J connectivity index is 3.63. The largest absolute Gasteiger partial charge is 0.481 e. The SMILES string of the molecule is CCN(CCCOCCOC)C(C)CC(=O)O. The molecule has 0 aromatic heterocycles. The first-order valence-corrected chi connectivity index (χ1v) is 6.14. The Labute approximate surface area is 104 Å². The van der Waals surface area contributed by atoms with Crippen molar-refractivity contribution in [3.63, 3.8) is 0 Å². The van der Waals surface area contributed by atoms with Crippen LogP contribution in [0.1, 0.15) is 26.7 Å². The molecule has 1 N–H and O–H groups in total. The molecule has 102 valence electrons. The number of hydrogen-bond acceptors (Lipinski definition) is 4. The quantitative estimate of drug-likeness (QED) is 0.556. The van der Waals surface area contributed by atoms with Crippen molar-refractivity contribution in [3.05, 3.63) is 0 Å². The fraction of sp³-hybridized carbons (Fsp3) is 0.917. The summed E-state index contributed by atoms with van der Waals surface area (Å²) in [6, 6.07) is 0.0801. The van der Waals surface area contributed by atoms with Crippen molar-refractivity contribution in [1.29, 1.82) is 0 Å². The molecule has 5 heteroatoms. The summed E-state index contributed by atoms with van der Waals surface area (Å²) in [5.41, 5.74) is 0. The Hall–Kier alpha value is -0.650. The number of carboxylic acids is 1. The molecule has 1 unspecified atom stereocenters. The maximum atomic E-state index is 10.6. The molecule has 5 nitrogen and oxygen atoms in total. The number of carboxylic acid groups (broad SMARTS) is 1. The molecule has 0 aromatic carbocycles. The van der Waals surface area contributed by atoms with Crippen LogP contribution in [0, 0.1) is 0 Å². The van der Waals surface area contributed by atoms with E-state index >= 15 is 0 Å². The van der Waals surface area contributed by atoms with E-state index in [2.05, 4.69) is 4.90 Å². The van der Waals surface area contributed by atoms with Crippen molar-refractivity contribution < 1.29 is 19.4 Å². The zero-order chi connectivity index (χ0) is 13.1. The average Bonchev–Trinajstić information content (AvgIpc) is 2.27. The highest BCUT2D eigenvalue weighted by atomic mass is 16.5. The number of rotatable bonds is 11. The van der Waals surface area contributed by atoms with E-state index < -0.39 is 5.97 Å². The summed E-state index contributed by atoms with van der Waals surface area (Å²) in [6.45, 7) is 7.66. The maximum absolute atomic E-state index is 10.6. The molecule has 0 heterocycles. The lowest BCUT2D eigenvalue weighted by Crippen LogP contribution is -2.35. The third kappa shape index (κ3) is 9.09. The summed E-state index contributed by atoms with van der Waals surface area (Å²) in [7, 11) is 1.65. The zero-order valence-corrected chi connectivity index (χ0v) is 11.1. The lowest BCUT2D eigenvalue weighted by atomic mass is 10.2. The third-order valence-corrected chi connectivity index (χ3v) is 2.67. The van der Waals surface area contributed by atoms with Crippen LogP contribution in [0.5, 0.6) is 0 Å². The molecule has 0 spiro atoms. The molecule has 0 aliphatic heterocycles. The minimum absolute atomic E-state index is 0.0801. The average molecular weight is 247 g/mol. The monoisotopic (exact) mass is 247 g/mol. The number of ether oxygens (including phenoxy) is 2. The first kappa shape index (κ1) is 16.4. The van der Waals surface area contributed by atoms with Gasteiger partial charge < -0.3 is 19.5 Å². The van der Waals surface area contributed by atoms with Crippen molar-refractivity contribution >= 4 is 5.97 Å². The minimum Gasteiger partial charge on any atom is -0.481 e.